The number of halogens is 1. The maximum atomic E-state index is 14.6. The summed E-state index contributed by atoms with van der Waals surface area (Å²) < 4.78 is 22.1. The predicted molar refractivity (Wildman–Crippen MR) is 101 cm³/mol. The van der Waals surface area contributed by atoms with E-state index < -0.39 is 0 Å². The van der Waals surface area contributed by atoms with Gasteiger partial charge >= 0.3 is 0 Å². The number of imidazole rings is 1. The number of rotatable bonds is 4. The molecule has 1 amide bonds. The van der Waals surface area contributed by atoms with Gasteiger partial charge in [0.2, 0.25) is 0 Å². The second-order valence-corrected chi connectivity index (χ2v) is 7.21. The predicted octanol–water partition coefficient (Wildman–Crippen LogP) is 3.68. The maximum absolute atomic E-state index is 14.6. The van der Waals surface area contributed by atoms with Gasteiger partial charge in [-0.05, 0) is 43.0 Å². The molecule has 3 aromatic rings. The van der Waals surface area contributed by atoms with Crippen LogP contribution in [0.1, 0.15) is 12.8 Å². The highest BCUT2D eigenvalue weighted by Gasteiger charge is 2.24. The van der Waals surface area contributed by atoms with Crippen LogP contribution in [0.15, 0.2) is 36.7 Å². The number of hydrogen-bond acceptors (Lipinski definition) is 4. The summed E-state index contributed by atoms with van der Waals surface area (Å²) in [5.74, 6) is 0.868. The number of carbonyl (C=O) groups excluding carboxylic acids is 1. The summed E-state index contributed by atoms with van der Waals surface area (Å²) in [6, 6.07) is 8.64. The number of hydrogen-bond donors (Lipinski definition) is 1. The van der Waals surface area contributed by atoms with Crippen LogP contribution in [-0.4, -0.2) is 29.1 Å². The van der Waals surface area contributed by atoms with E-state index in [4.69, 9.17) is 4.74 Å². The fraction of sp³-hybridized carbons (Fsp3) is 0.300. The summed E-state index contributed by atoms with van der Waals surface area (Å²) >= 11 is 0. The van der Waals surface area contributed by atoms with Crippen LogP contribution in [0.3, 0.4) is 0 Å². The molecule has 138 valence electrons. The second-order valence-electron chi connectivity index (χ2n) is 7.21. The Morgan fingerprint density at radius 3 is 2.96 bits per heavy atom. The average Bonchev–Trinajstić information content (AvgIpc) is 3.40. The quantitative estimate of drug-likeness (QED) is 0.765. The van der Waals surface area contributed by atoms with Gasteiger partial charge in [-0.3, -0.25) is 4.79 Å². The number of nitrogens with one attached hydrogen (secondary N) is 1. The van der Waals surface area contributed by atoms with E-state index in [0.717, 1.165) is 12.1 Å². The van der Waals surface area contributed by atoms with Crippen LogP contribution in [0.25, 0.3) is 11.0 Å². The summed E-state index contributed by atoms with van der Waals surface area (Å²) in [7, 11) is 1.70. The zero-order valence-corrected chi connectivity index (χ0v) is 14.9. The first-order valence-corrected chi connectivity index (χ1v) is 9.03. The fourth-order valence-electron chi connectivity index (χ4n) is 3.40. The van der Waals surface area contributed by atoms with E-state index in [0.29, 0.717) is 34.2 Å². The molecule has 2 aromatic carbocycles. The Kier molecular flexibility index (Phi) is 3.56. The third-order valence-corrected chi connectivity index (χ3v) is 5.19. The number of aromatic nitrogens is 2. The smallest absolute Gasteiger partial charge is 0.264 e. The third kappa shape index (κ3) is 2.89. The molecular formula is C20H19FN4O2. The monoisotopic (exact) mass is 366 g/mol. The first kappa shape index (κ1) is 16.1. The molecule has 0 saturated heterocycles. The summed E-state index contributed by atoms with van der Waals surface area (Å²) in [4.78, 5) is 17.7. The van der Waals surface area contributed by atoms with Gasteiger partial charge in [-0.1, -0.05) is 0 Å². The average molecular weight is 366 g/mol. The van der Waals surface area contributed by atoms with Crippen LogP contribution in [0.5, 0.6) is 5.75 Å². The van der Waals surface area contributed by atoms with Gasteiger partial charge in [0.05, 0.1) is 28.7 Å². The number of carbonyl (C=O) groups is 1. The van der Waals surface area contributed by atoms with Crippen molar-refractivity contribution in [1.82, 2.24) is 9.55 Å². The molecule has 7 heteroatoms. The van der Waals surface area contributed by atoms with Gasteiger partial charge in [0.25, 0.3) is 5.91 Å². The molecule has 1 saturated carbocycles. The molecule has 27 heavy (non-hydrogen) atoms. The van der Waals surface area contributed by atoms with E-state index >= 15 is 0 Å². The van der Waals surface area contributed by atoms with Crippen molar-refractivity contribution in [1.29, 1.82) is 0 Å². The minimum absolute atomic E-state index is 0.0343. The number of benzene rings is 2. The van der Waals surface area contributed by atoms with Crippen molar-refractivity contribution in [3.05, 3.63) is 42.5 Å². The fourth-order valence-corrected chi connectivity index (χ4v) is 3.40. The van der Waals surface area contributed by atoms with Gasteiger partial charge in [-0.25, -0.2) is 9.37 Å². The standard InChI is InChI=1S/C20H19FN4O2/c1-24-18-6-13(4-5-19(18)27-10-20(24)26)23-15-8-17-16(7-14(15)21)22-11-25(17)9-12-2-3-12/h4-8,11-12,23H,2-3,9-10H2,1H3. The first-order valence-electron chi connectivity index (χ1n) is 9.03. The molecule has 1 fully saturated rings. The molecule has 1 N–H and O–H groups in total. The summed E-state index contributed by atoms with van der Waals surface area (Å²) in [5.41, 5.74) is 3.30. The number of amides is 1. The number of anilines is 3. The molecule has 1 aliphatic heterocycles. The normalized spacial score (nSPS) is 16.4. The van der Waals surface area contributed by atoms with Crippen LogP contribution in [-0.2, 0) is 11.3 Å². The number of ether oxygens (including phenoxy) is 1. The molecule has 0 bridgehead atoms. The zero-order chi connectivity index (χ0) is 18.5. The van der Waals surface area contributed by atoms with E-state index in [2.05, 4.69) is 14.9 Å². The van der Waals surface area contributed by atoms with Crippen molar-refractivity contribution in [2.24, 2.45) is 5.92 Å². The molecular weight excluding hydrogens is 347 g/mol. The van der Waals surface area contributed by atoms with Gasteiger partial charge in [0.1, 0.15) is 11.6 Å². The minimum atomic E-state index is -0.363. The molecule has 1 aliphatic carbocycles. The Balaban J connectivity index is 1.49. The van der Waals surface area contributed by atoms with Crippen LogP contribution in [0.2, 0.25) is 0 Å². The Hall–Kier alpha value is -3.09. The summed E-state index contributed by atoms with van der Waals surface area (Å²) in [5, 5.41) is 3.13. The van der Waals surface area contributed by atoms with E-state index in [1.54, 1.807) is 36.5 Å². The molecule has 0 atom stereocenters. The Bertz CT molecular complexity index is 1060. The second kappa shape index (κ2) is 5.97. The molecule has 0 unspecified atom stereocenters. The lowest BCUT2D eigenvalue weighted by Crippen LogP contribution is -2.35. The Labute approximate surface area is 155 Å². The summed E-state index contributed by atoms with van der Waals surface area (Å²) in [6.45, 7) is 0.956. The molecule has 1 aromatic heterocycles. The van der Waals surface area contributed by atoms with Crippen molar-refractivity contribution in [3.8, 4) is 5.75 Å². The highest BCUT2D eigenvalue weighted by Crippen LogP contribution is 2.36. The number of nitrogens with zero attached hydrogens (tertiary/aromatic N) is 3. The number of fused-ring (bicyclic) bond motifs is 2. The van der Waals surface area contributed by atoms with Crippen LogP contribution in [0.4, 0.5) is 21.5 Å². The topological polar surface area (TPSA) is 59.4 Å². The lowest BCUT2D eigenvalue weighted by Gasteiger charge is -2.26. The minimum Gasteiger partial charge on any atom is -0.482 e. The van der Waals surface area contributed by atoms with Crippen molar-refractivity contribution < 1.29 is 13.9 Å². The van der Waals surface area contributed by atoms with Gasteiger partial charge < -0.3 is 19.5 Å². The highest BCUT2D eigenvalue weighted by atomic mass is 19.1. The van der Waals surface area contributed by atoms with Crippen molar-refractivity contribution in [2.75, 3.05) is 23.9 Å². The molecule has 5 rings (SSSR count). The first-order chi connectivity index (χ1) is 13.1. The van der Waals surface area contributed by atoms with Crippen LogP contribution in [0, 0.1) is 11.7 Å². The van der Waals surface area contributed by atoms with E-state index in [9.17, 15) is 9.18 Å². The molecule has 2 aliphatic rings. The van der Waals surface area contributed by atoms with Gasteiger partial charge in [-0.2, -0.15) is 0 Å². The van der Waals surface area contributed by atoms with Crippen molar-refractivity contribution >= 4 is 34.0 Å². The zero-order valence-electron chi connectivity index (χ0n) is 14.9. The van der Waals surface area contributed by atoms with E-state index in [1.165, 1.54) is 18.9 Å². The largest absolute Gasteiger partial charge is 0.482 e. The number of likely N-dealkylation sites (N-methyl/N-ethyl adjacent to an activating group) is 1. The van der Waals surface area contributed by atoms with E-state index in [-0.39, 0.29) is 18.3 Å². The van der Waals surface area contributed by atoms with Crippen LogP contribution >= 0.6 is 0 Å². The van der Waals surface area contributed by atoms with Crippen LogP contribution < -0.4 is 15.0 Å². The molecule has 2 heterocycles. The molecule has 0 radical (unpaired) electrons. The lowest BCUT2D eigenvalue weighted by molar-refractivity contribution is -0.120. The summed E-state index contributed by atoms with van der Waals surface area (Å²) in [6.07, 6.45) is 4.27. The maximum Gasteiger partial charge on any atom is 0.264 e. The highest BCUT2D eigenvalue weighted by molar-refractivity contribution is 5.98. The SMILES string of the molecule is CN1C(=O)COc2ccc(Nc3cc4c(cc3F)ncn4CC3CC3)cc21. The molecule has 6 nitrogen and oxygen atoms in total. The lowest BCUT2D eigenvalue weighted by atomic mass is 10.2. The van der Waals surface area contributed by atoms with Gasteiger partial charge in [0, 0.05) is 25.3 Å². The molecule has 0 spiro atoms. The van der Waals surface area contributed by atoms with Crippen molar-refractivity contribution in [2.45, 2.75) is 19.4 Å². The van der Waals surface area contributed by atoms with Gasteiger partial charge in [-0.15, -0.1) is 0 Å². The Morgan fingerprint density at radius 2 is 2.15 bits per heavy atom. The van der Waals surface area contributed by atoms with E-state index in [1.807, 2.05) is 6.07 Å². The van der Waals surface area contributed by atoms with Gasteiger partial charge in [0.15, 0.2) is 6.61 Å². The Morgan fingerprint density at radius 1 is 1.30 bits per heavy atom. The third-order valence-electron chi connectivity index (χ3n) is 5.19. The van der Waals surface area contributed by atoms with Crippen molar-refractivity contribution in [3.63, 3.8) is 0 Å².